The van der Waals surface area contributed by atoms with Gasteiger partial charge in [0, 0.05) is 17.4 Å². The highest BCUT2D eigenvalue weighted by molar-refractivity contribution is 5.97. The number of carbonyl (C=O) groups excluding carboxylic acids is 1. The second-order valence-electron chi connectivity index (χ2n) is 8.62. The van der Waals surface area contributed by atoms with Crippen molar-refractivity contribution < 1.29 is 22.7 Å². The second-order valence-corrected chi connectivity index (χ2v) is 8.62. The summed E-state index contributed by atoms with van der Waals surface area (Å²) in [7, 11) is 1.56. The standard InChI is InChI=1S/C25H23F3N6O2/c1-16-12-32(15-29-16)21-9-8-18(11-23(21)36-2)19-13-34(31-30-19)22-10-7-17-5-3-4-6-20(17)33(24(22)35)14-25(26,27)28/h3-6,8-9,11-13,15,22H,7,10,14H2,1-2H3/t22-/m0/s1. The Hall–Kier alpha value is -4.15. The molecule has 0 saturated heterocycles. The number of carbonyl (C=O) groups is 1. The summed E-state index contributed by atoms with van der Waals surface area (Å²) in [6.45, 7) is 0.520. The van der Waals surface area contributed by atoms with E-state index >= 15 is 0 Å². The highest BCUT2D eigenvalue weighted by atomic mass is 19.4. The van der Waals surface area contributed by atoms with Crippen LogP contribution in [0.2, 0.25) is 0 Å². The number of anilines is 1. The van der Waals surface area contributed by atoms with Crippen molar-refractivity contribution in [2.45, 2.75) is 32.0 Å². The molecule has 0 saturated carbocycles. The summed E-state index contributed by atoms with van der Waals surface area (Å²) in [5.74, 6) is -0.0890. The number of alkyl halides is 3. The second kappa shape index (κ2) is 9.14. The lowest BCUT2D eigenvalue weighted by atomic mass is 10.1. The number of rotatable bonds is 5. The first kappa shape index (κ1) is 23.6. The predicted octanol–water partition coefficient (Wildman–Crippen LogP) is 4.53. The Bertz CT molecular complexity index is 1410. The van der Waals surface area contributed by atoms with Gasteiger partial charge in [0.15, 0.2) is 0 Å². The van der Waals surface area contributed by atoms with Crippen LogP contribution in [0.3, 0.4) is 0 Å². The van der Waals surface area contributed by atoms with Gasteiger partial charge in [-0.2, -0.15) is 13.2 Å². The molecule has 0 aliphatic carbocycles. The van der Waals surface area contributed by atoms with Gasteiger partial charge in [-0.25, -0.2) is 9.67 Å². The number of aromatic nitrogens is 5. The number of halogens is 3. The minimum absolute atomic E-state index is 0.276. The monoisotopic (exact) mass is 496 g/mol. The Labute approximate surface area is 204 Å². The molecular weight excluding hydrogens is 473 g/mol. The third-order valence-electron chi connectivity index (χ3n) is 6.15. The number of hydrogen-bond donors (Lipinski definition) is 0. The van der Waals surface area contributed by atoms with Gasteiger partial charge in [-0.3, -0.25) is 4.79 Å². The van der Waals surface area contributed by atoms with Gasteiger partial charge in [-0.1, -0.05) is 29.5 Å². The fourth-order valence-corrected chi connectivity index (χ4v) is 4.45. The highest BCUT2D eigenvalue weighted by Crippen LogP contribution is 2.34. The van der Waals surface area contributed by atoms with Gasteiger partial charge in [0.25, 0.3) is 5.91 Å². The van der Waals surface area contributed by atoms with Gasteiger partial charge in [0.05, 0.1) is 31.0 Å². The smallest absolute Gasteiger partial charge is 0.406 e. The molecule has 0 radical (unpaired) electrons. The van der Waals surface area contributed by atoms with Crippen LogP contribution in [0.15, 0.2) is 61.2 Å². The van der Waals surface area contributed by atoms with Crippen molar-refractivity contribution in [2.75, 3.05) is 18.6 Å². The van der Waals surface area contributed by atoms with Crippen molar-refractivity contribution in [1.82, 2.24) is 24.5 Å². The molecule has 11 heteroatoms. The van der Waals surface area contributed by atoms with Crippen LogP contribution in [0.4, 0.5) is 18.9 Å². The zero-order chi connectivity index (χ0) is 25.4. The minimum Gasteiger partial charge on any atom is -0.495 e. The maximum atomic E-state index is 13.4. The molecule has 5 rings (SSSR count). The lowest BCUT2D eigenvalue weighted by Crippen LogP contribution is -2.42. The van der Waals surface area contributed by atoms with Crippen LogP contribution >= 0.6 is 0 Å². The first-order valence-electron chi connectivity index (χ1n) is 11.3. The van der Waals surface area contributed by atoms with Crippen molar-refractivity contribution in [1.29, 1.82) is 0 Å². The molecule has 4 aromatic rings. The van der Waals surface area contributed by atoms with Crippen LogP contribution in [-0.2, 0) is 11.2 Å². The maximum absolute atomic E-state index is 13.4. The Kier molecular flexibility index (Phi) is 5.99. The molecule has 8 nitrogen and oxygen atoms in total. The van der Waals surface area contributed by atoms with E-state index in [1.165, 1.54) is 4.68 Å². The number of hydrogen-bond acceptors (Lipinski definition) is 5. The van der Waals surface area contributed by atoms with Crippen LogP contribution in [0.1, 0.15) is 23.7 Å². The van der Waals surface area contributed by atoms with Gasteiger partial charge in [-0.05, 0) is 43.5 Å². The lowest BCUT2D eigenvalue weighted by Gasteiger charge is -2.26. The SMILES string of the molecule is COc1cc(-c2cn([C@H]3CCc4ccccc4N(CC(F)(F)F)C3=O)nn2)ccc1-n1cnc(C)c1. The van der Waals surface area contributed by atoms with E-state index in [9.17, 15) is 18.0 Å². The van der Waals surface area contributed by atoms with Crippen LogP contribution in [-0.4, -0.2) is 50.3 Å². The number of nitrogens with zero attached hydrogens (tertiary/aromatic N) is 6. The molecule has 1 aliphatic heterocycles. The van der Waals surface area contributed by atoms with Crippen LogP contribution in [0.25, 0.3) is 16.9 Å². The van der Waals surface area contributed by atoms with E-state index in [1.54, 1.807) is 50.0 Å². The summed E-state index contributed by atoms with van der Waals surface area (Å²) in [6, 6.07) is 11.2. The minimum atomic E-state index is -4.54. The van der Waals surface area contributed by atoms with E-state index in [2.05, 4.69) is 15.3 Å². The van der Waals surface area contributed by atoms with E-state index in [4.69, 9.17) is 4.74 Å². The van der Waals surface area contributed by atoms with E-state index in [0.717, 1.165) is 16.3 Å². The molecule has 0 N–H and O–H groups in total. The Morgan fingerprint density at radius 2 is 1.92 bits per heavy atom. The lowest BCUT2D eigenvalue weighted by molar-refractivity contribution is -0.134. The van der Waals surface area contributed by atoms with E-state index in [-0.39, 0.29) is 5.69 Å². The number of imidazole rings is 1. The normalized spacial score (nSPS) is 16.1. The molecule has 0 fully saturated rings. The number of aryl methyl sites for hydroxylation is 2. The summed E-state index contributed by atoms with van der Waals surface area (Å²) in [5.41, 5.74) is 3.77. The van der Waals surface area contributed by atoms with Crippen molar-refractivity contribution in [3.8, 4) is 22.7 Å². The van der Waals surface area contributed by atoms with Gasteiger partial charge in [-0.15, -0.1) is 5.10 Å². The molecular formula is C25H23F3N6O2. The van der Waals surface area contributed by atoms with E-state index in [1.807, 2.05) is 29.8 Å². The van der Waals surface area contributed by atoms with Crippen LogP contribution in [0.5, 0.6) is 5.75 Å². The van der Waals surface area contributed by atoms with Gasteiger partial charge >= 0.3 is 6.18 Å². The van der Waals surface area contributed by atoms with Crippen LogP contribution < -0.4 is 9.64 Å². The first-order chi connectivity index (χ1) is 17.2. The zero-order valence-corrected chi connectivity index (χ0v) is 19.6. The van der Waals surface area contributed by atoms with Gasteiger partial charge in [0.1, 0.15) is 24.0 Å². The molecule has 36 heavy (non-hydrogen) atoms. The quantitative estimate of drug-likeness (QED) is 0.406. The Morgan fingerprint density at radius 3 is 2.64 bits per heavy atom. The number of amides is 1. The third kappa shape index (κ3) is 4.56. The summed E-state index contributed by atoms with van der Waals surface area (Å²) in [4.78, 5) is 18.4. The summed E-state index contributed by atoms with van der Waals surface area (Å²) < 4.78 is 48.9. The molecule has 1 atom stereocenters. The summed E-state index contributed by atoms with van der Waals surface area (Å²) in [5, 5.41) is 8.33. The third-order valence-corrected chi connectivity index (χ3v) is 6.15. The summed E-state index contributed by atoms with van der Waals surface area (Å²) >= 11 is 0. The van der Waals surface area contributed by atoms with Crippen molar-refractivity contribution in [2.24, 2.45) is 0 Å². The fraction of sp³-hybridized carbons (Fsp3) is 0.280. The first-order valence-corrected chi connectivity index (χ1v) is 11.3. The maximum Gasteiger partial charge on any atom is 0.406 e. The molecule has 2 aromatic heterocycles. The van der Waals surface area contributed by atoms with E-state index < -0.39 is 24.7 Å². The highest BCUT2D eigenvalue weighted by Gasteiger charge is 2.39. The molecule has 2 aromatic carbocycles. The Balaban J connectivity index is 1.46. The predicted molar refractivity (Wildman–Crippen MR) is 126 cm³/mol. The average molecular weight is 496 g/mol. The van der Waals surface area contributed by atoms with Crippen LogP contribution in [0, 0.1) is 6.92 Å². The topological polar surface area (TPSA) is 78.1 Å². The number of para-hydroxylation sites is 1. The number of methoxy groups -OCH3 is 1. The van der Waals surface area contributed by atoms with Crippen molar-refractivity contribution >= 4 is 11.6 Å². The number of ether oxygens (including phenoxy) is 1. The fourth-order valence-electron chi connectivity index (χ4n) is 4.45. The van der Waals surface area contributed by atoms with Gasteiger partial charge < -0.3 is 14.2 Å². The van der Waals surface area contributed by atoms with E-state index in [0.29, 0.717) is 35.4 Å². The molecule has 0 spiro atoms. The average Bonchev–Trinajstić information content (AvgIpc) is 3.49. The molecule has 186 valence electrons. The largest absolute Gasteiger partial charge is 0.495 e. The molecule has 3 heterocycles. The molecule has 0 bridgehead atoms. The van der Waals surface area contributed by atoms with Crippen molar-refractivity contribution in [3.05, 3.63) is 72.4 Å². The molecule has 1 aliphatic rings. The van der Waals surface area contributed by atoms with Crippen molar-refractivity contribution in [3.63, 3.8) is 0 Å². The number of benzene rings is 2. The molecule has 0 unspecified atom stereocenters. The van der Waals surface area contributed by atoms with Gasteiger partial charge in [0.2, 0.25) is 0 Å². The number of fused-ring (bicyclic) bond motifs is 1. The summed E-state index contributed by atoms with van der Waals surface area (Å²) in [6.07, 6.45) is 1.33. The molecule has 1 amide bonds. The Morgan fingerprint density at radius 1 is 1.11 bits per heavy atom. The zero-order valence-electron chi connectivity index (χ0n) is 19.6.